The van der Waals surface area contributed by atoms with Gasteiger partial charge in [0.1, 0.15) is 0 Å². The molecule has 1 unspecified atom stereocenters. The Labute approximate surface area is 349 Å². The third-order valence-corrected chi connectivity index (χ3v) is 14.7. The number of hydrogen-bond donors (Lipinski definition) is 0. The van der Waals surface area contributed by atoms with Gasteiger partial charge in [-0.15, -0.1) is 0 Å². The first-order valence-electron chi connectivity index (χ1n) is 21.6. The fraction of sp³-hybridized carbons (Fsp3) is 0.228. The van der Waals surface area contributed by atoms with Crippen molar-refractivity contribution in [2.45, 2.75) is 86.5 Å². The van der Waals surface area contributed by atoms with Crippen molar-refractivity contribution in [1.29, 1.82) is 0 Å². The standard InChI is InChI=1S/C57H50N2/c1-31-23-50-48(54-51(39-15-9-8-10-16-39)34(4)36(6)56(54)58-50)30-45(31)29-47(46-26-43-19-13-14-20-44(43)27-46)53-37(7)40(22-21-38-24-41-17-11-12-18-42(41)25-38)28-49-52-33(3)32(2)35(5)55(52)59-57(49)53/h8-20,23-24,26,28,30,47H,21-22,25,27,29H2,1-7H3. The van der Waals surface area contributed by atoms with Gasteiger partial charge in [-0.1, -0.05) is 102 Å². The van der Waals surface area contributed by atoms with Crippen LogP contribution < -0.4 is 0 Å². The lowest BCUT2D eigenvalue weighted by Crippen LogP contribution is -2.12. The van der Waals surface area contributed by atoms with E-state index in [9.17, 15) is 0 Å². The van der Waals surface area contributed by atoms with Crippen molar-refractivity contribution in [2.24, 2.45) is 9.98 Å². The number of fused-ring (bicyclic) bond motifs is 8. The van der Waals surface area contributed by atoms with Gasteiger partial charge in [0.2, 0.25) is 0 Å². The first-order chi connectivity index (χ1) is 28.6. The van der Waals surface area contributed by atoms with Crippen LogP contribution in [0.15, 0.2) is 146 Å². The Morgan fingerprint density at radius 1 is 0.542 bits per heavy atom. The molecule has 5 aromatic carbocycles. The predicted molar refractivity (Wildman–Crippen MR) is 250 cm³/mol. The molecule has 0 N–H and O–H groups in total. The highest BCUT2D eigenvalue weighted by atomic mass is 14.8. The topological polar surface area (TPSA) is 24.7 Å². The van der Waals surface area contributed by atoms with Crippen LogP contribution in [0.4, 0.5) is 11.4 Å². The summed E-state index contributed by atoms with van der Waals surface area (Å²) in [6.07, 6.45) is 9.95. The fourth-order valence-corrected chi connectivity index (χ4v) is 11.0. The van der Waals surface area contributed by atoms with Gasteiger partial charge < -0.3 is 0 Å². The molecule has 0 spiro atoms. The molecule has 2 nitrogen and oxygen atoms in total. The summed E-state index contributed by atoms with van der Waals surface area (Å²) < 4.78 is 0. The zero-order valence-electron chi connectivity index (χ0n) is 35.4. The van der Waals surface area contributed by atoms with Crippen molar-refractivity contribution in [2.75, 3.05) is 0 Å². The number of aryl methyl sites for hydroxylation is 2. The number of hydrogen-bond acceptors (Lipinski definition) is 2. The van der Waals surface area contributed by atoms with E-state index in [1.807, 2.05) is 0 Å². The molecule has 59 heavy (non-hydrogen) atoms. The smallest absolute Gasteiger partial charge is 0.0757 e. The highest BCUT2D eigenvalue weighted by Gasteiger charge is 2.38. The average Bonchev–Trinajstić information content (AvgIpc) is 4.09. The molecular weight excluding hydrogens is 713 g/mol. The molecule has 0 fully saturated rings. The van der Waals surface area contributed by atoms with Crippen molar-refractivity contribution in [1.82, 2.24) is 0 Å². The zero-order chi connectivity index (χ0) is 40.3. The van der Waals surface area contributed by atoms with Crippen LogP contribution in [0.1, 0.15) is 114 Å². The Hall–Kier alpha value is -6.12. The molecule has 2 heteroatoms. The van der Waals surface area contributed by atoms with E-state index in [-0.39, 0.29) is 5.92 Å². The van der Waals surface area contributed by atoms with Crippen LogP contribution in [-0.4, -0.2) is 11.4 Å². The summed E-state index contributed by atoms with van der Waals surface area (Å²) in [7, 11) is 0. The van der Waals surface area contributed by atoms with Gasteiger partial charge in [-0.2, -0.15) is 0 Å². The second kappa shape index (κ2) is 13.5. The van der Waals surface area contributed by atoms with Crippen molar-refractivity contribution >= 4 is 51.7 Å². The van der Waals surface area contributed by atoms with Crippen molar-refractivity contribution in [3.63, 3.8) is 0 Å². The molecule has 11 rings (SSSR count). The minimum absolute atomic E-state index is 0.159. The molecule has 0 amide bonds. The van der Waals surface area contributed by atoms with Crippen molar-refractivity contribution < 1.29 is 0 Å². The maximum Gasteiger partial charge on any atom is 0.0757 e. The van der Waals surface area contributed by atoms with Crippen LogP contribution in [0.25, 0.3) is 28.9 Å². The second-order valence-electron chi connectivity index (χ2n) is 17.8. The van der Waals surface area contributed by atoms with Gasteiger partial charge in [0.15, 0.2) is 0 Å². The van der Waals surface area contributed by atoms with Gasteiger partial charge in [-0.25, -0.2) is 9.98 Å². The molecular formula is C57H50N2. The van der Waals surface area contributed by atoms with E-state index in [1.54, 1.807) is 0 Å². The predicted octanol–water partition coefficient (Wildman–Crippen LogP) is 14.4. The third kappa shape index (κ3) is 5.52. The van der Waals surface area contributed by atoms with Crippen molar-refractivity contribution in [3.8, 4) is 0 Å². The van der Waals surface area contributed by atoms with Gasteiger partial charge in [-0.3, -0.25) is 0 Å². The largest absolute Gasteiger partial charge is 0.247 e. The Morgan fingerprint density at radius 2 is 1.20 bits per heavy atom. The number of allylic oxidation sites excluding steroid dienone is 10. The molecule has 1 atom stereocenters. The molecule has 4 aliphatic carbocycles. The maximum absolute atomic E-state index is 5.66. The molecule has 0 saturated heterocycles. The summed E-state index contributed by atoms with van der Waals surface area (Å²) in [6.45, 7) is 16.1. The number of nitrogens with zero attached hydrogens (tertiary/aromatic N) is 2. The lowest BCUT2D eigenvalue weighted by atomic mass is 9.77. The van der Waals surface area contributed by atoms with Crippen LogP contribution in [0.5, 0.6) is 0 Å². The summed E-state index contributed by atoms with van der Waals surface area (Å²) in [5.41, 5.74) is 34.8. The quantitative estimate of drug-likeness (QED) is 0.150. The van der Waals surface area contributed by atoms with E-state index in [0.717, 1.165) is 43.5 Å². The summed E-state index contributed by atoms with van der Waals surface area (Å²) >= 11 is 0. The highest BCUT2D eigenvalue weighted by Crippen LogP contribution is 2.54. The molecule has 0 bridgehead atoms. The lowest BCUT2D eigenvalue weighted by molar-refractivity contribution is 0.759. The Balaban J connectivity index is 1.07. The molecule has 288 valence electrons. The van der Waals surface area contributed by atoms with Crippen LogP contribution in [0, 0.1) is 13.8 Å². The van der Waals surface area contributed by atoms with E-state index in [1.165, 1.54) is 134 Å². The normalized spacial score (nSPS) is 17.5. The third-order valence-electron chi connectivity index (χ3n) is 14.7. The van der Waals surface area contributed by atoms with E-state index in [4.69, 9.17) is 9.98 Å². The molecule has 2 heterocycles. The first-order valence-corrected chi connectivity index (χ1v) is 21.6. The Morgan fingerprint density at radius 3 is 1.95 bits per heavy atom. The van der Waals surface area contributed by atoms with E-state index < -0.39 is 0 Å². The fourth-order valence-electron chi connectivity index (χ4n) is 11.0. The van der Waals surface area contributed by atoms with Crippen LogP contribution in [-0.2, 0) is 25.7 Å². The van der Waals surface area contributed by atoms with Crippen LogP contribution in [0.3, 0.4) is 0 Å². The Kier molecular flexibility index (Phi) is 8.21. The summed E-state index contributed by atoms with van der Waals surface area (Å²) in [5, 5.41) is 0. The monoisotopic (exact) mass is 762 g/mol. The SMILES string of the molecule is CC1=C(C)C(C)=C2C1=Nc1c2cc(CCC2=Cc3ccccc3C2)c(C)c1C(Cc1cc2c(cc1C)N=C1C(C)=C(C)C(c3ccccc3)=C12)C1=Cc2ccccc2C1. The zero-order valence-corrected chi connectivity index (χ0v) is 35.4. The van der Waals surface area contributed by atoms with Crippen molar-refractivity contribution in [3.05, 3.63) is 203 Å². The first kappa shape index (κ1) is 36.0. The lowest BCUT2D eigenvalue weighted by Gasteiger charge is -2.27. The molecule has 2 aliphatic heterocycles. The molecule has 5 aromatic rings. The van der Waals surface area contributed by atoms with Crippen LogP contribution >= 0.6 is 0 Å². The number of benzene rings is 5. The molecule has 0 radical (unpaired) electrons. The van der Waals surface area contributed by atoms with E-state index >= 15 is 0 Å². The average molecular weight is 763 g/mol. The van der Waals surface area contributed by atoms with Gasteiger partial charge in [-0.05, 0) is 188 Å². The van der Waals surface area contributed by atoms with E-state index in [0.29, 0.717) is 0 Å². The van der Waals surface area contributed by atoms with Gasteiger partial charge in [0, 0.05) is 28.2 Å². The summed E-state index contributed by atoms with van der Waals surface area (Å²) in [5.74, 6) is 0.159. The minimum atomic E-state index is 0.159. The summed E-state index contributed by atoms with van der Waals surface area (Å²) in [6, 6.07) is 36.2. The minimum Gasteiger partial charge on any atom is -0.247 e. The molecule has 6 aliphatic rings. The number of aliphatic imine (C=N–C) groups is 2. The van der Waals surface area contributed by atoms with E-state index in [2.05, 4.69) is 158 Å². The molecule has 0 saturated carbocycles. The van der Waals surface area contributed by atoms with Gasteiger partial charge in [0.25, 0.3) is 0 Å². The summed E-state index contributed by atoms with van der Waals surface area (Å²) in [4.78, 5) is 11.0. The maximum atomic E-state index is 5.66. The Bertz CT molecular complexity index is 3000. The van der Waals surface area contributed by atoms with Gasteiger partial charge in [0.05, 0.1) is 22.8 Å². The second-order valence-corrected chi connectivity index (χ2v) is 17.8. The van der Waals surface area contributed by atoms with Crippen LogP contribution in [0.2, 0.25) is 0 Å². The molecule has 0 aromatic heterocycles. The number of rotatable bonds is 8. The highest BCUT2D eigenvalue weighted by molar-refractivity contribution is 6.45. The van der Waals surface area contributed by atoms with Gasteiger partial charge >= 0.3 is 0 Å².